The molecule has 3 amide bonds. The Kier molecular flexibility index (Phi) is 3.27. The molecule has 2 rings (SSSR count). The topological polar surface area (TPSA) is 86.7 Å². The van der Waals surface area contributed by atoms with Crippen molar-refractivity contribution in [2.24, 2.45) is 0 Å². The Balaban J connectivity index is 2.08. The molecule has 18 heavy (non-hydrogen) atoms. The second kappa shape index (κ2) is 4.87. The van der Waals surface area contributed by atoms with Crippen molar-refractivity contribution in [3.8, 4) is 0 Å². The summed E-state index contributed by atoms with van der Waals surface area (Å²) in [5.74, 6) is -1.61. The van der Waals surface area contributed by atoms with Gasteiger partial charge in [0.25, 0.3) is 5.91 Å². The van der Waals surface area contributed by atoms with Gasteiger partial charge in [0.2, 0.25) is 0 Å². The van der Waals surface area contributed by atoms with Crippen LogP contribution in [0.15, 0.2) is 30.3 Å². The van der Waals surface area contributed by atoms with Gasteiger partial charge in [0.15, 0.2) is 0 Å². The Hall–Kier alpha value is -2.37. The standard InChI is InChI=1S/C12H12N2O4/c15-10(16)6-9-11(17)14(12(18)13-9)7-8-4-2-1-3-5-8/h1-5,9H,6-7H2,(H,13,18)(H,15,16). The monoisotopic (exact) mass is 248 g/mol. The lowest BCUT2D eigenvalue weighted by Crippen LogP contribution is -2.32. The van der Waals surface area contributed by atoms with Gasteiger partial charge in [-0.1, -0.05) is 30.3 Å². The van der Waals surface area contributed by atoms with Crippen molar-refractivity contribution in [1.29, 1.82) is 0 Å². The molecule has 1 fully saturated rings. The maximum Gasteiger partial charge on any atom is 0.325 e. The zero-order chi connectivity index (χ0) is 13.1. The average Bonchev–Trinajstić information content (AvgIpc) is 2.58. The van der Waals surface area contributed by atoms with Gasteiger partial charge < -0.3 is 10.4 Å². The molecule has 2 N–H and O–H groups in total. The van der Waals surface area contributed by atoms with Crippen molar-refractivity contribution >= 4 is 17.9 Å². The summed E-state index contributed by atoms with van der Waals surface area (Å²) in [4.78, 5) is 35.0. The predicted octanol–water partition coefficient (Wildman–Crippen LogP) is 0.582. The van der Waals surface area contributed by atoms with E-state index in [1.54, 1.807) is 12.1 Å². The first kappa shape index (κ1) is 12.1. The van der Waals surface area contributed by atoms with Gasteiger partial charge in [-0.2, -0.15) is 0 Å². The van der Waals surface area contributed by atoms with Gasteiger partial charge in [0, 0.05) is 0 Å². The molecule has 1 unspecified atom stereocenters. The van der Waals surface area contributed by atoms with Crippen LogP contribution in [0.25, 0.3) is 0 Å². The maximum atomic E-state index is 11.8. The molecule has 0 aromatic heterocycles. The fourth-order valence-corrected chi connectivity index (χ4v) is 1.81. The summed E-state index contributed by atoms with van der Waals surface area (Å²) in [7, 11) is 0. The molecule has 0 radical (unpaired) electrons. The zero-order valence-corrected chi connectivity index (χ0v) is 9.50. The van der Waals surface area contributed by atoms with Crippen LogP contribution in [0.5, 0.6) is 0 Å². The Morgan fingerprint density at radius 2 is 1.94 bits per heavy atom. The number of amides is 3. The number of carboxylic acids is 1. The third-order valence-corrected chi connectivity index (χ3v) is 2.67. The predicted molar refractivity (Wildman–Crippen MR) is 61.6 cm³/mol. The molecule has 1 saturated heterocycles. The van der Waals surface area contributed by atoms with Crippen molar-refractivity contribution in [1.82, 2.24) is 10.2 Å². The van der Waals surface area contributed by atoms with Crippen LogP contribution in [0.1, 0.15) is 12.0 Å². The van der Waals surface area contributed by atoms with Crippen molar-refractivity contribution in [3.63, 3.8) is 0 Å². The molecular weight excluding hydrogens is 236 g/mol. The average molecular weight is 248 g/mol. The first-order chi connectivity index (χ1) is 8.58. The summed E-state index contributed by atoms with van der Waals surface area (Å²) in [6, 6.07) is 7.54. The summed E-state index contributed by atoms with van der Waals surface area (Å²) in [6.45, 7) is 0.154. The van der Waals surface area contributed by atoms with Gasteiger partial charge in [-0.05, 0) is 5.56 Å². The summed E-state index contributed by atoms with van der Waals surface area (Å²) in [6.07, 6.45) is -0.393. The molecule has 1 heterocycles. The zero-order valence-electron chi connectivity index (χ0n) is 9.50. The number of hydrogen-bond donors (Lipinski definition) is 2. The van der Waals surface area contributed by atoms with E-state index in [9.17, 15) is 14.4 Å². The normalized spacial score (nSPS) is 18.9. The summed E-state index contributed by atoms with van der Waals surface area (Å²) in [5, 5.41) is 11.0. The number of nitrogens with zero attached hydrogens (tertiary/aromatic N) is 1. The van der Waals surface area contributed by atoms with Gasteiger partial charge in [-0.15, -0.1) is 0 Å². The quantitative estimate of drug-likeness (QED) is 0.763. The number of imide groups is 1. The van der Waals surface area contributed by atoms with E-state index in [0.717, 1.165) is 10.5 Å². The highest BCUT2D eigenvalue weighted by atomic mass is 16.4. The molecule has 94 valence electrons. The summed E-state index contributed by atoms with van der Waals surface area (Å²) < 4.78 is 0. The molecule has 0 aliphatic carbocycles. The van der Waals surface area contributed by atoms with E-state index in [2.05, 4.69) is 5.32 Å². The number of carbonyl (C=O) groups excluding carboxylic acids is 2. The minimum absolute atomic E-state index is 0.154. The minimum atomic E-state index is -1.12. The largest absolute Gasteiger partial charge is 0.481 e. The molecule has 0 spiro atoms. The molecule has 0 saturated carbocycles. The lowest BCUT2D eigenvalue weighted by atomic mass is 10.2. The molecule has 1 aromatic carbocycles. The van der Waals surface area contributed by atoms with Crippen molar-refractivity contribution in [2.75, 3.05) is 0 Å². The van der Waals surface area contributed by atoms with E-state index in [1.807, 2.05) is 18.2 Å². The third-order valence-electron chi connectivity index (χ3n) is 2.67. The summed E-state index contributed by atoms with van der Waals surface area (Å²) in [5.41, 5.74) is 0.817. The minimum Gasteiger partial charge on any atom is -0.481 e. The Morgan fingerprint density at radius 3 is 2.56 bits per heavy atom. The number of rotatable bonds is 4. The van der Waals surface area contributed by atoms with Crippen LogP contribution >= 0.6 is 0 Å². The fraction of sp³-hybridized carbons (Fsp3) is 0.250. The van der Waals surface area contributed by atoms with Gasteiger partial charge in [0.1, 0.15) is 6.04 Å². The number of urea groups is 1. The van der Waals surface area contributed by atoms with E-state index in [4.69, 9.17) is 5.11 Å². The lowest BCUT2D eigenvalue weighted by Gasteiger charge is -2.12. The second-order valence-corrected chi connectivity index (χ2v) is 4.01. The van der Waals surface area contributed by atoms with Crippen LogP contribution in [-0.4, -0.2) is 34.0 Å². The molecule has 1 aliphatic rings. The number of hydrogen-bond acceptors (Lipinski definition) is 3. The van der Waals surface area contributed by atoms with Gasteiger partial charge in [-0.25, -0.2) is 4.79 Å². The highest BCUT2D eigenvalue weighted by Crippen LogP contribution is 2.13. The Bertz CT molecular complexity index is 486. The van der Waals surface area contributed by atoms with Gasteiger partial charge >= 0.3 is 12.0 Å². The first-order valence-corrected chi connectivity index (χ1v) is 5.45. The van der Waals surface area contributed by atoms with Crippen molar-refractivity contribution in [3.05, 3.63) is 35.9 Å². The highest BCUT2D eigenvalue weighted by Gasteiger charge is 2.38. The van der Waals surface area contributed by atoms with Crippen molar-refractivity contribution in [2.45, 2.75) is 19.0 Å². The lowest BCUT2D eigenvalue weighted by molar-refractivity contribution is -0.140. The van der Waals surface area contributed by atoms with E-state index in [1.165, 1.54) is 0 Å². The number of aliphatic carboxylic acids is 1. The van der Waals surface area contributed by atoms with Crippen LogP contribution in [-0.2, 0) is 16.1 Å². The fourth-order valence-electron chi connectivity index (χ4n) is 1.81. The molecule has 1 aliphatic heterocycles. The highest BCUT2D eigenvalue weighted by molar-refractivity contribution is 6.05. The number of nitrogens with one attached hydrogen (secondary N) is 1. The van der Waals surface area contributed by atoms with E-state index >= 15 is 0 Å². The molecule has 1 aromatic rings. The smallest absolute Gasteiger partial charge is 0.325 e. The van der Waals surface area contributed by atoms with Crippen molar-refractivity contribution < 1.29 is 19.5 Å². The Morgan fingerprint density at radius 1 is 1.28 bits per heavy atom. The van der Waals surface area contributed by atoms with Gasteiger partial charge in [-0.3, -0.25) is 14.5 Å². The van der Waals surface area contributed by atoms with E-state index in [-0.39, 0.29) is 6.54 Å². The van der Waals surface area contributed by atoms with Crippen LogP contribution in [0.4, 0.5) is 4.79 Å². The molecule has 0 bridgehead atoms. The Labute approximate surface area is 103 Å². The van der Waals surface area contributed by atoms with Gasteiger partial charge in [0.05, 0.1) is 13.0 Å². The summed E-state index contributed by atoms with van der Waals surface area (Å²) >= 11 is 0. The molecule has 1 atom stereocenters. The van der Waals surface area contributed by atoms with Crippen LogP contribution in [0, 0.1) is 0 Å². The number of benzene rings is 1. The number of carboxylic acid groups (broad SMARTS) is 1. The molecular formula is C12H12N2O4. The van der Waals surface area contributed by atoms with E-state index in [0.29, 0.717) is 0 Å². The third kappa shape index (κ3) is 2.48. The SMILES string of the molecule is O=C(O)CC1NC(=O)N(Cc2ccccc2)C1=O. The van der Waals surface area contributed by atoms with Crippen LogP contribution in [0.2, 0.25) is 0 Å². The van der Waals surface area contributed by atoms with Crippen LogP contribution < -0.4 is 5.32 Å². The number of carbonyl (C=O) groups is 3. The maximum absolute atomic E-state index is 11.8. The molecule has 6 heteroatoms. The second-order valence-electron chi connectivity index (χ2n) is 4.01. The first-order valence-electron chi connectivity index (χ1n) is 5.45. The van der Waals surface area contributed by atoms with Crippen LogP contribution in [0.3, 0.4) is 0 Å². The molecule has 6 nitrogen and oxygen atoms in total. The van der Waals surface area contributed by atoms with E-state index < -0.39 is 30.4 Å².